The third-order valence-electron chi connectivity index (χ3n) is 2.89. The highest BCUT2D eigenvalue weighted by atomic mass is 16.1. The van der Waals surface area contributed by atoms with Crippen molar-refractivity contribution in [1.82, 2.24) is 9.55 Å². The largest absolute Gasteiger partial charge is 0.399 e. The Kier molecular flexibility index (Phi) is 3.70. The Labute approximate surface area is 111 Å². The number of hydrogen-bond donors (Lipinski definition) is 3. The molecule has 0 aliphatic carbocycles. The van der Waals surface area contributed by atoms with Crippen LogP contribution in [0.4, 0.5) is 11.4 Å². The highest BCUT2D eigenvalue weighted by molar-refractivity contribution is 5.99. The number of hydrogen-bond acceptors (Lipinski definition) is 4. The maximum Gasteiger partial charge on any atom is 0.250 e. The molecule has 1 aromatic carbocycles. The number of imidazole rings is 1. The lowest BCUT2D eigenvalue weighted by Crippen LogP contribution is -2.16. The summed E-state index contributed by atoms with van der Waals surface area (Å²) in [6, 6.07) is 5.06. The van der Waals surface area contributed by atoms with E-state index >= 15 is 0 Å². The number of nitrogens with zero attached hydrogens (tertiary/aromatic N) is 2. The van der Waals surface area contributed by atoms with Crippen molar-refractivity contribution in [2.75, 3.05) is 17.6 Å². The van der Waals surface area contributed by atoms with Crippen LogP contribution < -0.4 is 16.8 Å². The number of primary amides is 1. The number of anilines is 2. The van der Waals surface area contributed by atoms with E-state index in [4.69, 9.17) is 11.5 Å². The smallest absolute Gasteiger partial charge is 0.250 e. The van der Waals surface area contributed by atoms with E-state index in [0.29, 0.717) is 23.5 Å². The van der Waals surface area contributed by atoms with Gasteiger partial charge in [0.2, 0.25) is 0 Å². The van der Waals surface area contributed by atoms with Crippen LogP contribution in [-0.4, -0.2) is 22.0 Å². The van der Waals surface area contributed by atoms with Gasteiger partial charge in [0.05, 0.1) is 5.56 Å². The molecular weight excluding hydrogens is 242 g/mol. The second-order valence-corrected chi connectivity index (χ2v) is 4.30. The summed E-state index contributed by atoms with van der Waals surface area (Å²) < 4.78 is 1.96. The van der Waals surface area contributed by atoms with Crippen molar-refractivity contribution in [1.29, 1.82) is 0 Å². The molecule has 0 bridgehead atoms. The average Bonchev–Trinajstić information content (AvgIpc) is 2.77. The fourth-order valence-electron chi connectivity index (χ4n) is 1.87. The van der Waals surface area contributed by atoms with E-state index in [1.54, 1.807) is 24.4 Å². The number of aromatic nitrogens is 2. The average molecular weight is 259 g/mol. The molecule has 0 saturated heterocycles. The predicted molar refractivity (Wildman–Crippen MR) is 74.8 cm³/mol. The van der Waals surface area contributed by atoms with Crippen LogP contribution in [0.2, 0.25) is 0 Å². The number of aryl methyl sites for hydroxylation is 1. The standard InChI is InChI=1S/C13H17N5O/c1-18-7-6-17-12(18)4-5-16-11-3-2-9(14)8-10(11)13(15)19/h2-3,6-8,16H,4-5,14H2,1H3,(H2,15,19). The van der Waals surface area contributed by atoms with E-state index < -0.39 is 5.91 Å². The second-order valence-electron chi connectivity index (χ2n) is 4.30. The molecule has 1 heterocycles. The van der Waals surface area contributed by atoms with E-state index in [9.17, 15) is 4.79 Å². The molecule has 1 aromatic heterocycles. The number of nitrogen functional groups attached to an aromatic ring is 1. The third kappa shape index (κ3) is 3.04. The summed E-state index contributed by atoms with van der Waals surface area (Å²) in [6.45, 7) is 0.662. The van der Waals surface area contributed by atoms with Crippen LogP contribution in [0.25, 0.3) is 0 Å². The van der Waals surface area contributed by atoms with Gasteiger partial charge in [-0.15, -0.1) is 0 Å². The van der Waals surface area contributed by atoms with Gasteiger partial charge in [-0.25, -0.2) is 4.98 Å². The molecule has 5 N–H and O–H groups in total. The predicted octanol–water partition coefficient (Wildman–Crippen LogP) is 0.756. The zero-order chi connectivity index (χ0) is 13.8. The summed E-state index contributed by atoms with van der Waals surface area (Å²) in [5, 5.41) is 3.18. The number of nitrogens with one attached hydrogen (secondary N) is 1. The van der Waals surface area contributed by atoms with Crippen molar-refractivity contribution in [2.45, 2.75) is 6.42 Å². The summed E-state index contributed by atoms with van der Waals surface area (Å²) in [5.74, 6) is 0.482. The van der Waals surface area contributed by atoms with Crippen molar-refractivity contribution in [2.24, 2.45) is 12.8 Å². The molecule has 0 aliphatic heterocycles. The van der Waals surface area contributed by atoms with Crippen LogP contribution in [0.1, 0.15) is 16.2 Å². The molecule has 0 spiro atoms. The van der Waals surface area contributed by atoms with Crippen molar-refractivity contribution in [3.8, 4) is 0 Å². The van der Waals surface area contributed by atoms with Crippen LogP contribution in [-0.2, 0) is 13.5 Å². The highest BCUT2D eigenvalue weighted by Gasteiger charge is 2.08. The quantitative estimate of drug-likeness (QED) is 0.690. The summed E-state index contributed by atoms with van der Waals surface area (Å²) in [6.07, 6.45) is 4.41. The van der Waals surface area contributed by atoms with E-state index in [-0.39, 0.29) is 0 Å². The Bertz CT molecular complexity index is 590. The number of carbonyl (C=O) groups is 1. The molecule has 1 amide bonds. The Morgan fingerprint density at radius 1 is 1.47 bits per heavy atom. The molecule has 0 atom stereocenters. The topological polar surface area (TPSA) is 99.0 Å². The van der Waals surface area contributed by atoms with Gasteiger partial charge < -0.3 is 21.4 Å². The van der Waals surface area contributed by atoms with Crippen molar-refractivity contribution in [3.63, 3.8) is 0 Å². The normalized spacial score (nSPS) is 10.4. The third-order valence-corrected chi connectivity index (χ3v) is 2.89. The lowest BCUT2D eigenvalue weighted by molar-refractivity contribution is 0.100. The fourth-order valence-corrected chi connectivity index (χ4v) is 1.87. The molecule has 6 nitrogen and oxygen atoms in total. The van der Waals surface area contributed by atoms with Crippen LogP contribution in [0.5, 0.6) is 0 Å². The highest BCUT2D eigenvalue weighted by Crippen LogP contribution is 2.18. The molecule has 0 aliphatic rings. The van der Waals surface area contributed by atoms with Gasteiger partial charge >= 0.3 is 0 Å². The summed E-state index contributed by atoms with van der Waals surface area (Å²) in [7, 11) is 1.94. The SMILES string of the molecule is Cn1ccnc1CCNc1ccc(N)cc1C(N)=O. The van der Waals surface area contributed by atoms with Gasteiger partial charge in [0, 0.05) is 43.8 Å². The summed E-state index contributed by atoms with van der Waals surface area (Å²) in [5.41, 5.74) is 12.6. The van der Waals surface area contributed by atoms with E-state index in [1.165, 1.54) is 0 Å². The summed E-state index contributed by atoms with van der Waals surface area (Å²) in [4.78, 5) is 15.6. The maximum atomic E-state index is 11.3. The molecule has 6 heteroatoms. The van der Waals surface area contributed by atoms with E-state index in [0.717, 1.165) is 12.2 Å². The van der Waals surface area contributed by atoms with Gasteiger partial charge in [-0.1, -0.05) is 0 Å². The Balaban J connectivity index is 2.03. The molecule has 0 unspecified atom stereocenters. The van der Waals surface area contributed by atoms with Gasteiger partial charge in [0.25, 0.3) is 5.91 Å². The molecule has 19 heavy (non-hydrogen) atoms. The number of carbonyl (C=O) groups excluding carboxylic acids is 1. The zero-order valence-electron chi connectivity index (χ0n) is 10.8. The molecular formula is C13H17N5O. The lowest BCUT2D eigenvalue weighted by Gasteiger charge is -2.10. The van der Waals surface area contributed by atoms with Crippen molar-refractivity contribution >= 4 is 17.3 Å². The number of benzene rings is 1. The maximum absolute atomic E-state index is 11.3. The molecule has 0 fully saturated rings. The Hall–Kier alpha value is -2.50. The number of amides is 1. The van der Waals surface area contributed by atoms with Crippen molar-refractivity contribution in [3.05, 3.63) is 42.0 Å². The van der Waals surface area contributed by atoms with Crippen LogP contribution in [0.3, 0.4) is 0 Å². The number of nitrogens with two attached hydrogens (primary N) is 2. The molecule has 0 radical (unpaired) electrons. The van der Waals surface area contributed by atoms with E-state index in [1.807, 2.05) is 17.8 Å². The first kappa shape index (κ1) is 12.9. The van der Waals surface area contributed by atoms with Crippen LogP contribution in [0, 0.1) is 0 Å². The second kappa shape index (κ2) is 5.43. The minimum Gasteiger partial charge on any atom is -0.399 e. The monoisotopic (exact) mass is 259 g/mol. The Morgan fingerprint density at radius 2 is 2.26 bits per heavy atom. The van der Waals surface area contributed by atoms with Gasteiger partial charge in [-0.3, -0.25) is 4.79 Å². The zero-order valence-corrected chi connectivity index (χ0v) is 10.8. The molecule has 2 aromatic rings. The molecule has 0 saturated carbocycles. The number of rotatable bonds is 5. The Morgan fingerprint density at radius 3 is 2.89 bits per heavy atom. The van der Waals surface area contributed by atoms with Gasteiger partial charge in [-0.05, 0) is 18.2 Å². The van der Waals surface area contributed by atoms with Crippen LogP contribution in [0.15, 0.2) is 30.6 Å². The van der Waals surface area contributed by atoms with Gasteiger partial charge in [0.1, 0.15) is 5.82 Å². The first-order chi connectivity index (χ1) is 9.08. The molecule has 100 valence electrons. The van der Waals surface area contributed by atoms with Crippen LogP contribution >= 0.6 is 0 Å². The minimum absolute atomic E-state index is 0.403. The summed E-state index contributed by atoms with van der Waals surface area (Å²) >= 11 is 0. The van der Waals surface area contributed by atoms with Gasteiger partial charge in [-0.2, -0.15) is 0 Å². The molecule has 2 rings (SSSR count). The lowest BCUT2D eigenvalue weighted by atomic mass is 10.1. The fraction of sp³-hybridized carbons (Fsp3) is 0.231. The first-order valence-electron chi connectivity index (χ1n) is 5.97. The van der Waals surface area contributed by atoms with E-state index in [2.05, 4.69) is 10.3 Å². The first-order valence-corrected chi connectivity index (χ1v) is 5.97. The van der Waals surface area contributed by atoms with Crippen molar-refractivity contribution < 1.29 is 4.79 Å². The minimum atomic E-state index is -0.494. The van der Waals surface area contributed by atoms with Gasteiger partial charge in [0.15, 0.2) is 0 Å².